The van der Waals surface area contributed by atoms with Crippen molar-refractivity contribution in [3.63, 3.8) is 0 Å². The van der Waals surface area contributed by atoms with E-state index in [1.54, 1.807) is 19.2 Å². The molecule has 0 radical (unpaired) electrons. The van der Waals surface area contributed by atoms with Crippen molar-refractivity contribution < 1.29 is 18.6 Å². The van der Waals surface area contributed by atoms with Crippen LogP contribution in [-0.2, 0) is 6.61 Å². The average molecular weight is 391 g/mol. The van der Waals surface area contributed by atoms with Gasteiger partial charge in [0.25, 0.3) is 0 Å². The van der Waals surface area contributed by atoms with E-state index in [0.717, 1.165) is 5.56 Å². The van der Waals surface area contributed by atoms with E-state index in [-0.39, 0.29) is 11.5 Å². The molecule has 6 nitrogen and oxygen atoms in total. The molecule has 2 aliphatic rings. The maximum atomic E-state index is 11.5. The van der Waals surface area contributed by atoms with E-state index in [0.29, 0.717) is 46.4 Å². The molecule has 0 bridgehead atoms. The number of fused-ring (bicyclic) bond motifs is 2. The van der Waals surface area contributed by atoms with Crippen molar-refractivity contribution in [2.45, 2.75) is 26.6 Å². The third kappa shape index (κ3) is 4.16. The molecule has 2 aromatic carbocycles. The highest BCUT2D eigenvalue weighted by Crippen LogP contribution is 2.30. The van der Waals surface area contributed by atoms with Crippen LogP contribution < -0.4 is 19.6 Å². The van der Waals surface area contributed by atoms with Crippen LogP contribution in [0.2, 0.25) is 0 Å². The number of aromatic nitrogens is 1. The molecule has 0 fully saturated rings. The zero-order chi connectivity index (χ0) is 20.4. The molecule has 0 aromatic heterocycles. The molecule has 0 amide bonds. The molecule has 6 heteroatoms. The number of rotatable bonds is 6. The summed E-state index contributed by atoms with van der Waals surface area (Å²) in [6, 6.07) is 15.7. The Hall–Kier alpha value is -3.54. The van der Waals surface area contributed by atoms with Crippen LogP contribution in [0.3, 0.4) is 0 Å². The first-order chi connectivity index (χ1) is 14.0. The molecule has 1 aliphatic heterocycles. The van der Waals surface area contributed by atoms with Gasteiger partial charge < -0.3 is 18.6 Å². The maximum absolute atomic E-state index is 11.5. The largest absolute Gasteiger partial charge is 0.493 e. The number of hydrogen-bond donors (Lipinski definition) is 0. The lowest BCUT2D eigenvalue weighted by Crippen LogP contribution is -2.07. The standard InChI is InChI=1S/C23H21NO5/c1-14(2)28-20-9-4-15(10-23(20)26-3)13-27-17-6-8-19-22(12-17)29-21-11-16(25)5-7-18(21)24-19/h4-12,14H,13H2,1-3H3. The van der Waals surface area contributed by atoms with Crippen molar-refractivity contribution in [1.29, 1.82) is 0 Å². The van der Waals surface area contributed by atoms with Gasteiger partial charge in [0.2, 0.25) is 0 Å². The number of hydrogen-bond acceptors (Lipinski definition) is 6. The zero-order valence-corrected chi connectivity index (χ0v) is 16.5. The normalized spacial score (nSPS) is 11.2. The summed E-state index contributed by atoms with van der Waals surface area (Å²) in [5.74, 6) is 2.46. The molecule has 0 saturated carbocycles. The lowest BCUT2D eigenvalue weighted by molar-refractivity contribution is 0.229. The highest BCUT2D eigenvalue weighted by Gasteiger charge is 2.11. The molecular weight excluding hydrogens is 370 g/mol. The van der Waals surface area contributed by atoms with Gasteiger partial charge in [0.15, 0.2) is 28.3 Å². The van der Waals surface area contributed by atoms with Crippen LogP contribution in [0.5, 0.6) is 17.2 Å². The summed E-state index contributed by atoms with van der Waals surface area (Å²) < 4.78 is 22.9. The van der Waals surface area contributed by atoms with Crippen molar-refractivity contribution >= 4 is 11.1 Å². The molecule has 0 unspecified atom stereocenters. The van der Waals surface area contributed by atoms with Gasteiger partial charge in [-0.05, 0) is 55.8 Å². The lowest BCUT2D eigenvalue weighted by atomic mass is 10.2. The number of ether oxygens (including phenoxy) is 3. The van der Waals surface area contributed by atoms with E-state index in [4.69, 9.17) is 18.6 Å². The van der Waals surface area contributed by atoms with Crippen molar-refractivity contribution in [2.75, 3.05) is 7.11 Å². The summed E-state index contributed by atoms with van der Waals surface area (Å²) in [7, 11) is 1.61. The van der Waals surface area contributed by atoms with Gasteiger partial charge in [0.1, 0.15) is 23.6 Å². The first-order valence-corrected chi connectivity index (χ1v) is 9.33. The SMILES string of the molecule is COc1cc(COc2ccc3nc4ccc(=O)cc-4oc3c2)ccc1OC(C)C. The van der Waals surface area contributed by atoms with Gasteiger partial charge in [-0.2, -0.15) is 0 Å². The van der Waals surface area contributed by atoms with E-state index in [2.05, 4.69) is 4.98 Å². The van der Waals surface area contributed by atoms with Gasteiger partial charge in [0, 0.05) is 12.1 Å². The molecule has 1 aliphatic carbocycles. The van der Waals surface area contributed by atoms with Crippen LogP contribution in [-0.4, -0.2) is 18.2 Å². The number of nitrogens with zero attached hydrogens (tertiary/aromatic N) is 1. The third-order valence-electron chi connectivity index (χ3n) is 4.32. The minimum absolute atomic E-state index is 0.0646. The van der Waals surface area contributed by atoms with E-state index in [1.807, 2.05) is 44.2 Å². The molecule has 0 spiro atoms. The number of benzene rings is 3. The van der Waals surface area contributed by atoms with Crippen LogP contribution in [0.25, 0.3) is 22.6 Å². The Morgan fingerprint density at radius 2 is 1.86 bits per heavy atom. The third-order valence-corrected chi connectivity index (χ3v) is 4.32. The summed E-state index contributed by atoms with van der Waals surface area (Å²) in [6.45, 7) is 4.30. The van der Waals surface area contributed by atoms with Crippen LogP contribution in [0.4, 0.5) is 0 Å². The summed E-state index contributed by atoms with van der Waals surface area (Å²) in [4.78, 5) is 16.1. The Balaban J connectivity index is 1.56. The predicted molar refractivity (Wildman–Crippen MR) is 110 cm³/mol. The van der Waals surface area contributed by atoms with Crippen molar-refractivity contribution in [3.05, 3.63) is 70.4 Å². The van der Waals surface area contributed by atoms with E-state index in [9.17, 15) is 4.79 Å². The van der Waals surface area contributed by atoms with Crippen LogP contribution >= 0.6 is 0 Å². The Labute approximate surface area is 168 Å². The van der Waals surface area contributed by atoms with Crippen molar-refractivity contribution in [1.82, 2.24) is 4.98 Å². The van der Waals surface area contributed by atoms with E-state index < -0.39 is 0 Å². The highest BCUT2D eigenvalue weighted by molar-refractivity contribution is 5.77. The molecule has 0 atom stereocenters. The molecule has 148 valence electrons. The van der Waals surface area contributed by atoms with E-state index in [1.165, 1.54) is 12.1 Å². The minimum Gasteiger partial charge on any atom is -0.493 e. The van der Waals surface area contributed by atoms with Gasteiger partial charge >= 0.3 is 0 Å². The number of methoxy groups -OCH3 is 1. The fourth-order valence-electron chi connectivity index (χ4n) is 2.99. The second-order valence-electron chi connectivity index (χ2n) is 6.91. The Kier molecular flexibility index (Phi) is 5.08. The predicted octanol–water partition coefficient (Wildman–Crippen LogP) is 4.67. The van der Waals surface area contributed by atoms with Crippen molar-refractivity contribution in [2.24, 2.45) is 0 Å². The van der Waals surface area contributed by atoms with Crippen LogP contribution in [0.15, 0.2) is 63.8 Å². The first kappa shape index (κ1) is 18.8. The topological polar surface area (TPSA) is 70.8 Å². The van der Waals surface area contributed by atoms with Gasteiger partial charge in [-0.15, -0.1) is 0 Å². The van der Waals surface area contributed by atoms with E-state index >= 15 is 0 Å². The average Bonchev–Trinajstić information content (AvgIpc) is 2.71. The molecular formula is C23H21NO5. The molecule has 2 aromatic rings. The molecule has 1 heterocycles. The highest BCUT2D eigenvalue weighted by atomic mass is 16.5. The molecule has 4 rings (SSSR count). The smallest absolute Gasteiger partial charge is 0.182 e. The quantitative estimate of drug-likeness (QED) is 0.445. The van der Waals surface area contributed by atoms with Crippen LogP contribution in [0, 0.1) is 0 Å². The summed E-state index contributed by atoms with van der Waals surface area (Å²) in [6.07, 6.45) is 0.0646. The Morgan fingerprint density at radius 1 is 1.00 bits per heavy atom. The second kappa shape index (κ2) is 7.83. The van der Waals surface area contributed by atoms with Crippen molar-refractivity contribution in [3.8, 4) is 28.7 Å². The van der Waals surface area contributed by atoms with Crippen LogP contribution in [0.1, 0.15) is 19.4 Å². The summed E-state index contributed by atoms with van der Waals surface area (Å²) in [5, 5.41) is 0. The van der Waals surface area contributed by atoms with Gasteiger partial charge in [-0.1, -0.05) is 6.07 Å². The fraction of sp³-hybridized carbons (Fsp3) is 0.217. The summed E-state index contributed by atoms with van der Waals surface area (Å²) in [5.41, 5.74) is 2.72. The maximum Gasteiger partial charge on any atom is 0.182 e. The monoisotopic (exact) mass is 391 g/mol. The zero-order valence-electron chi connectivity index (χ0n) is 16.5. The Morgan fingerprint density at radius 3 is 2.66 bits per heavy atom. The van der Waals surface area contributed by atoms with Gasteiger partial charge in [0.05, 0.1) is 13.2 Å². The molecule has 0 N–H and O–H groups in total. The molecule has 0 saturated heterocycles. The van der Waals surface area contributed by atoms with Gasteiger partial charge in [-0.3, -0.25) is 4.79 Å². The minimum atomic E-state index is -0.117. The first-order valence-electron chi connectivity index (χ1n) is 9.33. The summed E-state index contributed by atoms with van der Waals surface area (Å²) >= 11 is 0. The fourth-order valence-corrected chi connectivity index (χ4v) is 2.99. The lowest BCUT2D eigenvalue weighted by Gasteiger charge is -2.15. The Bertz CT molecular complexity index is 1180. The molecule has 29 heavy (non-hydrogen) atoms. The second-order valence-corrected chi connectivity index (χ2v) is 6.91. The van der Waals surface area contributed by atoms with Gasteiger partial charge in [-0.25, -0.2) is 4.98 Å².